The topological polar surface area (TPSA) is 186 Å². The summed E-state index contributed by atoms with van der Waals surface area (Å²) in [4.78, 5) is 24.2. The zero-order valence-corrected chi connectivity index (χ0v) is 42.3. The molecular weight excluding hydrogens is 879 g/mol. The Morgan fingerprint density at radius 1 is 0.970 bits per heavy atom. The Bertz CT molecular complexity index is 2240. The van der Waals surface area contributed by atoms with Crippen molar-refractivity contribution in [1.82, 2.24) is 14.9 Å². The number of hydrogen-bond acceptors (Lipinski definition) is 10. The molecule has 1 saturated heterocycles. The highest BCUT2D eigenvalue weighted by Gasteiger charge is 2.73. The number of ketones is 1. The third-order valence-electron chi connectivity index (χ3n) is 21.0. The van der Waals surface area contributed by atoms with Crippen molar-refractivity contribution in [3.05, 3.63) is 52.7 Å². The lowest BCUT2D eigenvalue weighted by Crippen LogP contribution is -2.65. The van der Waals surface area contributed by atoms with E-state index in [0.717, 1.165) is 49.9 Å². The number of aromatic nitrogens is 2. The number of rotatable bonds is 4. The smallest absolute Gasteiger partial charge is 0.190 e. The highest BCUT2D eigenvalue weighted by Crippen LogP contribution is 2.74. The Hall–Kier alpha value is -2.13. The summed E-state index contributed by atoms with van der Waals surface area (Å²) in [6.45, 7) is 11.3. The van der Waals surface area contributed by atoms with Crippen molar-refractivity contribution in [2.75, 3.05) is 18.1 Å². The van der Waals surface area contributed by atoms with Crippen LogP contribution >= 0.6 is 21.6 Å². The number of aliphatic hydroxyl groups excluding tert-OH is 4. The minimum Gasteiger partial charge on any atom is -0.392 e. The Morgan fingerprint density at radius 3 is 2.46 bits per heavy atom. The van der Waals surface area contributed by atoms with Gasteiger partial charge >= 0.3 is 0 Å². The van der Waals surface area contributed by atoms with Gasteiger partial charge in [-0.05, 0) is 154 Å². The Kier molecular flexibility index (Phi) is 12.0. The fraction of sp³-hybridized carbons (Fsp3) is 0.796. The largest absolute Gasteiger partial charge is 0.392 e. The lowest BCUT2D eigenvalue weighted by atomic mass is 9.42. The molecular formula is C54H79N5O6S2. The average Bonchev–Trinajstić information content (AvgIpc) is 4.03. The van der Waals surface area contributed by atoms with E-state index in [1.54, 1.807) is 35.3 Å². The summed E-state index contributed by atoms with van der Waals surface area (Å²) in [5.41, 5.74) is 11.1. The molecule has 4 bridgehead atoms. The summed E-state index contributed by atoms with van der Waals surface area (Å²) in [6.07, 6.45) is 20.4. The molecule has 8 N–H and O–H groups in total. The predicted molar refractivity (Wildman–Crippen MR) is 265 cm³/mol. The summed E-state index contributed by atoms with van der Waals surface area (Å²) >= 11 is 0. The molecule has 1 aliphatic heterocycles. The SMILES string of the molecule is CC(O)NC(N)=NCC1CC2(C)C3CC(CSSCC(n4ccnc4)CC(C)(C)C4=C5CCCC6(CCCC6)C5C5=C6C(CCC5)CC3C(O)C64)C2(O)C2=CC(=O)C3CC(O)C(O)CC3(C)C21. The summed E-state index contributed by atoms with van der Waals surface area (Å²) < 4.78 is 2.32. The predicted octanol–water partition coefficient (Wildman–Crippen LogP) is 7.90. The van der Waals surface area contributed by atoms with Crippen molar-refractivity contribution in [1.29, 1.82) is 0 Å². The lowest BCUT2D eigenvalue weighted by Gasteiger charge is -2.64. The number of aliphatic hydroxyl groups is 5. The fourth-order valence-electron chi connectivity index (χ4n) is 18.8. The summed E-state index contributed by atoms with van der Waals surface area (Å²) in [5.74, 6) is 1.24. The van der Waals surface area contributed by atoms with Crippen LogP contribution in [-0.4, -0.2) is 95.0 Å². The lowest BCUT2D eigenvalue weighted by molar-refractivity contribution is -0.171. The molecule has 9 aliphatic carbocycles. The van der Waals surface area contributed by atoms with E-state index in [-0.39, 0.29) is 71.5 Å². The Labute approximate surface area is 406 Å². The molecule has 17 unspecified atom stereocenters. The minimum atomic E-state index is -1.36. The van der Waals surface area contributed by atoms with E-state index >= 15 is 0 Å². The van der Waals surface area contributed by atoms with Gasteiger partial charge in [-0.2, -0.15) is 0 Å². The van der Waals surface area contributed by atoms with Crippen LogP contribution in [0.4, 0.5) is 0 Å². The van der Waals surface area contributed by atoms with Crippen LogP contribution in [0.3, 0.4) is 0 Å². The van der Waals surface area contributed by atoms with Crippen molar-refractivity contribution in [2.45, 2.75) is 174 Å². The first-order valence-corrected chi connectivity index (χ1v) is 28.9. The van der Waals surface area contributed by atoms with Gasteiger partial charge in [-0.25, -0.2) is 4.98 Å². The molecule has 1 aromatic rings. The maximum absolute atomic E-state index is 14.7. The summed E-state index contributed by atoms with van der Waals surface area (Å²) in [6, 6.07) is 0.187. The number of fused-ring (bicyclic) bond motifs is 14. The van der Waals surface area contributed by atoms with Crippen LogP contribution in [0.2, 0.25) is 0 Å². The van der Waals surface area contributed by atoms with Gasteiger partial charge < -0.3 is 41.2 Å². The molecule has 0 radical (unpaired) electrons. The maximum atomic E-state index is 14.7. The monoisotopic (exact) mass is 958 g/mol. The second-order valence-corrected chi connectivity index (χ2v) is 27.5. The normalized spacial score (nSPS) is 46.2. The Balaban J connectivity index is 1.09. The summed E-state index contributed by atoms with van der Waals surface area (Å²) in [7, 11) is 3.75. The Morgan fingerprint density at radius 2 is 1.72 bits per heavy atom. The number of hydrogen-bond donors (Lipinski definition) is 7. The number of aliphatic imine (C=N–C) groups is 1. The highest BCUT2D eigenvalue weighted by atomic mass is 33.1. The molecule has 11 nitrogen and oxygen atoms in total. The van der Waals surface area contributed by atoms with E-state index in [1.165, 1.54) is 44.9 Å². The second-order valence-electron chi connectivity index (χ2n) is 24.9. The van der Waals surface area contributed by atoms with E-state index in [4.69, 9.17) is 10.7 Å². The van der Waals surface area contributed by atoms with Crippen LogP contribution in [0.25, 0.3) is 0 Å². The van der Waals surface area contributed by atoms with Gasteiger partial charge in [-0.1, -0.05) is 84.4 Å². The number of imidazole rings is 1. The first-order valence-electron chi connectivity index (χ1n) is 26.4. The molecule has 7 fully saturated rings. The van der Waals surface area contributed by atoms with Crippen molar-refractivity contribution < 1.29 is 30.3 Å². The van der Waals surface area contributed by atoms with Crippen LogP contribution in [0.1, 0.15) is 143 Å². The molecule has 67 heavy (non-hydrogen) atoms. The third kappa shape index (κ3) is 7.15. The highest BCUT2D eigenvalue weighted by molar-refractivity contribution is 8.76. The van der Waals surface area contributed by atoms with E-state index in [1.807, 2.05) is 34.1 Å². The quantitative estimate of drug-likeness (QED) is 0.0512. The zero-order valence-electron chi connectivity index (χ0n) is 40.7. The van der Waals surface area contributed by atoms with Gasteiger partial charge in [-0.15, -0.1) is 0 Å². The van der Waals surface area contributed by atoms with Crippen LogP contribution in [0.5, 0.6) is 0 Å². The van der Waals surface area contributed by atoms with Gasteiger partial charge in [0.25, 0.3) is 0 Å². The number of nitrogens with one attached hydrogen (secondary N) is 1. The van der Waals surface area contributed by atoms with Gasteiger partial charge in [0, 0.05) is 65.6 Å². The molecule has 11 rings (SSSR count). The van der Waals surface area contributed by atoms with Crippen molar-refractivity contribution in [3.8, 4) is 0 Å². The number of allylic oxidation sites excluding steroid dienone is 3. The van der Waals surface area contributed by atoms with E-state index < -0.39 is 46.9 Å². The maximum Gasteiger partial charge on any atom is 0.190 e. The molecule has 1 spiro atoms. The van der Waals surface area contributed by atoms with Crippen LogP contribution < -0.4 is 11.1 Å². The molecule has 6 saturated carbocycles. The van der Waals surface area contributed by atoms with Crippen LogP contribution in [-0.2, 0) is 4.79 Å². The number of carbonyl (C=O) groups excluding carboxylic acids is 1. The standard InChI is InChI=1S/C54H79N5O6S2/c1-29(60)58-49(55)57-25-31-22-52(5)37-19-32(54(52,65)39-21-40(61)38-20-41(62)42(63)24-51(38,4)45(31)39)26-66-67-27-33(59-17-16-56-28-59)23-50(2,3)47-35-12-9-15-53(13-6-7-14-53)46(35)34-11-8-10-30-18-36(37)48(64)44(47)43(30)34/h16-17,21,28-33,36-38,41-42,44-46,48,60,62-65H,6-15,18-20,22-27H2,1-5H3,(H3,55,57,58). The number of nitrogens with two attached hydrogens (primary N) is 1. The average molecular weight is 958 g/mol. The van der Waals surface area contributed by atoms with Crippen molar-refractivity contribution >= 4 is 33.3 Å². The number of nitrogens with zero attached hydrogens (tertiary/aromatic N) is 3. The van der Waals surface area contributed by atoms with E-state index in [9.17, 15) is 30.3 Å². The molecule has 368 valence electrons. The van der Waals surface area contributed by atoms with Gasteiger partial charge in [0.1, 0.15) is 6.23 Å². The summed E-state index contributed by atoms with van der Waals surface area (Å²) in [5, 5.41) is 63.7. The molecule has 1 aromatic heterocycles. The molecule has 2 heterocycles. The van der Waals surface area contributed by atoms with Crippen molar-refractivity contribution in [2.24, 2.45) is 85.6 Å². The molecule has 17 atom stereocenters. The van der Waals surface area contributed by atoms with Crippen molar-refractivity contribution in [3.63, 3.8) is 0 Å². The van der Waals surface area contributed by atoms with Gasteiger partial charge in [-0.3, -0.25) is 9.79 Å². The van der Waals surface area contributed by atoms with E-state index in [2.05, 4.69) is 48.8 Å². The van der Waals surface area contributed by atoms with E-state index in [0.29, 0.717) is 36.0 Å². The van der Waals surface area contributed by atoms with Gasteiger partial charge in [0.05, 0.1) is 30.2 Å². The first-order chi connectivity index (χ1) is 31.9. The fourth-order valence-corrected chi connectivity index (χ4v) is 21.5. The van der Waals surface area contributed by atoms with Gasteiger partial charge in [0.2, 0.25) is 0 Å². The molecule has 13 heteroatoms. The van der Waals surface area contributed by atoms with Gasteiger partial charge in [0.15, 0.2) is 11.7 Å². The van der Waals surface area contributed by atoms with Crippen LogP contribution in [0.15, 0.2) is 57.7 Å². The first kappa shape index (κ1) is 47.2. The second kappa shape index (κ2) is 17.0. The molecule has 0 amide bonds. The molecule has 0 aromatic carbocycles. The van der Waals surface area contributed by atoms with Crippen LogP contribution in [0, 0.1) is 74.9 Å². The molecule has 10 aliphatic rings. The minimum absolute atomic E-state index is 0.0306. The number of guanidine groups is 1. The third-order valence-corrected chi connectivity index (χ3v) is 23.6. The zero-order chi connectivity index (χ0) is 47.0. The number of carbonyl (C=O) groups is 1.